The normalized spacial score (nSPS) is 12.0. The first-order valence-corrected chi connectivity index (χ1v) is 12.1. The molecule has 0 aliphatic heterocycles. The van der Waals surface area contributed by atoms with E-state index in [2.05, 4.69) is 29.7 Å². The third-order valence-corrected chi connectivity index (χ3v) is 5.71. The Morgan fingerprint density at radius 2 is 2.12 bits per heavy atom. The quantitative estimate of drug-likeness (QED) is 0.266. The smallest absolute Gasteiger partial charge is 0.270 e. The zero-order chi connectivity index (χ0) is 18.9. The van der Waals surface area contributed by atoms with Gasteiger partial charge in [0, 0.05) is 39.1 Å². The Morgan fingerprint density at radius 3 is 2.73 bits per heavy atom. The highest BCUT2D eigenvalue weighted by Gasteiger charge is 2.19. The minimum Gasteiger partial charge on any atom is -0.439 e. The summed E-state index contributed by atoms with van der Waals surface area (Å²) < 4.78 is 13.1. The highest BCUT2D eigenvalue weighted by Crippen LogP contribution is 2.31. The Bertz CT molecular complexity index is 942. The molecule has 0 saturated heterocycles. The molecular weight excluding hydrogens is 352 g/mol. The van der Waals surface area contributed by atoms with Crippen molar-refractivity contribution in [2.45, 2.75) is 39.3 Å². The van der Waals surface area contributed by atoms with Crippen LogP contribution in [0, 0.1) is 17.0 Å². The number of benzene rings is 1. The van der Waals surface area contributed by atoms with E-state index in [4.69, 9.17) is 9.15 Å². The van der Waals surface area contributed by atoms with E-state index in [0.717, 1.165) is 11.6 Å². The van der Waals surface area contributed by atoms with Gasteiger partial charge in [-0.05, 0) is 12.1 Å². The van der Waals surface area contributed by atoms with Gasteiger partial charge in [-0.3, -0.25) is 10.1 Å². The van der Waals surface area contributed by atoms with E-state index >= 15 is 0 Å². The summed E-state index contributed by atoms with van der Waals surface area (Å²) >= 11 is 0. The number of rotatable bonds is 7. The summed E-state index contributed by atoms with van der Waals surface area (Å²) in [5.41, 5.74) is 1.29. The van der Waals surface area contributed by atoms with Gasteiger partial charge in [-0.15, -0.1) is 0 Å². The van der Waals surface area contributed by atoms with Crippen molar-refractivity contribution in [3.05, 3.63) is 40.4 Å². The molecule has 1 aromatic carbocycles. The molecule has 0 unspecified atom stereocenters. The van der Waals surface area contributed by atoms with Gasteiger partial charge in [-0.2, -0.15) is 5.10 Å². The highest BCUT2D eigenvalue weighted by molar-refractivity contribution is 6.76. The molecule has 26 heavy (non-hydrogen) atoms. The first-order valence-electron chi connectivity index (χ1n) is 8.40. The molecule has 9 heteroatoms. The van der Waals surface area contributed by atoms with Crippen LogP contribution in [0.4, 0.5) is 5.69 Å². The molecule has 138 valence electrons. The number of aryl methyl sites for hydroxylation is 1. The molecule has 3 aromatic rings. The van der Waals surface area contributed by atoms with Crippen LogP contribution in [0.15, 0.2) is 28.8 Å². The van der Waals surface area contributed by atoms with Crippen molar-refractivity contribution in [1.29, 1.82) is 0 Å². The zero-order valence-corrected chi connectivity index (χ0v) is 16.4. The maximum Gasteiger partial charge on any atom is 0.270 e. The number of hydrogen-bond acceptors (Lipinski definition) is 6. The fraction of sp³-hybridized carbons (Fsp3) is 0.412. The fourth-order valence-corrected chi connectivity index (χ4v) is 3.32. The van der Waals surface area contributed by atoms with E-state index in [-0.39, 0.29) is 12.4 Å². The van der Waals surface area contributed by atoms with E-state index in [1.807, 2.05) is 0 Å². The summed E-state index contributed by atoms with van der Waals surface area (Å²) in [7, 11) is -1.17. The fourth-order valence-electron chi connectivity index (χ4n) is 2.56. The number of ether oxygens (including phenoxy) is 1. The summed E-state index contributed by atoms with van der Waals surface area (Å²) in [6, 6.07) is 5.73. The number of nitro benzene ring substituents is 1. The van der Waals surface area contributed by atoms with Gasteiger partial charge in [0.25, 0.3) is 5.69 Å². The van der Waals surface area contributed by atoms with Gasteiger partial charge < -0.3 is 9.15 Å². The first-order chi connectivity index (χ1) is 12.2. The number of nitrogens with zero attached hydrogens (tertiary/aromatic N) is 4. The average Bonchev–Trinajstić information content (AvgIpc) is 3.14. The molecule has 2 heterocycles. The van der Waals surface area contributed by atoms with Gasteiger partial charge in [-0.1, -0.05) is 19.6 Å². The maximum atomic E-state index is 11.1. The number of aromatic nitrogens is 3. The lowest BCUT2D eigenvalue weighted by atomic mass is 10.1. The summed E-state index contributed by atoms with van der Waals surface area (Å²) in [6.45, 7) is 9.58. The van der Waals surface area contributed by atoms with Gasteiger partial charge in [0.1, 0.15) is 12.4 Å². The molecule has 3 rings (SSSR count). The predicted octanol–water partition coefficient (Wildman–Crippen LogP) is 4.22. The topological polar surface area (TPSA) is 96.2 Å². The van der Waals surface area contributed by atoms with E-state index in [9.17, 15) is 10.1 Å². The molecule has 0 N–H and O–H groups in total. The van der Waals surface area contributed by atoms with Crippen LogP contribution in [-0.2, 0) is 11.5 Å². The van der Waals surface area contributed by atoms with Gasteiger partial charge in [-0.25, -0.2) is 9.67 Å². The van der Waals surface area contributed by atoms with Crippen LogP contribution in [0.25, 0.3) is 22.4 Å². The van der Waals surface area contributed by atoms with Crippen LogP contribution in [0.2, 0.25) is 25.7 Å². The summed E-state index contributed by atoms with van der Waals surface area (Å²) in [6.07, 6.45) is 1.58. The molecule has 0 aliphatic carbocycles. The second-order valence-electron chi connectivity index (χ2n) is 7.40. The Kier molecular flexibility index (Phi) is 4.92. The lowest BCUT2D eigenvalue weighted by molar-refractivity contribution is -0.384. The number of nitro groups is 1. The van der Waals surface area contributed by atoms with Crippen LogP contribution in [0.1, 0.15) is 5.89 Å². The largest absolute Gasteiger partial charge is 0.439 e. The molecule has 8 nitrogen and oxygen atoms in total. The van der Waals surface area contributed by atoms with Crippen molar-refractivity contribution >= 4 is 24.7 Å². The molecule has 0 fully saturated rings. The van der Waals surface area contributed by atoms with E-state index in [0.29, 0.717) is 29.3 Å². The van der Waals surface area contributed by atoms with Crippen LogP contribution in [0.5, 0.6) is 0 Å². The number of hydrogen-bond donors (Lipinski definition) is 0. The van der Waals surface area contributed by atoms with Crippen molar-refractivity contribution in [2.75, 3.05) is 6.61 Å². The zero-order valence-electron chi connectivity index (χ0n) is 15.4. The van der Waals surface area contributed by atoms with Gasteiger partial charge in [0.15, 0.2) is 11.7 Å². The molecular formula is C17H22N4O4Si. The van der Waals surface area contributed by atoms with Crippen molar-refractivity contribution in [1.82, 2.24) is 14.8 Å². The third-order valence-electron chi connectivity index (χ3n) is 4.01. The van der Waals surface area contributed by atoms with E-state index in [1.54, 1.807) is 23.9 Å². The standard InChI is InChI=1S/C17H22N4O4Si/c1-12-18-10-16(25-12)17-14-9-13(21(22)23)5-6-15(14)20(19-17)11-24-7-8-26(2,3)4/h5-6,9-10H,7-8,11H2,1-4H3. The highest BCUT2D eigenvalue weighted by atomic mass is 28.3. The number of fused-ring (bicyclic) bond motifs is 1. The van der Waals surface area contributed by atoms with Gasteiger partial charge in [0.05, 0.1) is 16.6 Å². The average molecular weight is 374 g/mol. The molecule has 0 saturated carbocycles. The second-order valence-corrected chi connectivity index (χ2v) is 13.0. The summed E-state index contributed by atoms with van der Waals surface area (Å²) in [4.78, 5) is 14.8. The van der Waals surface area contributed by atoms with Crippen molar-refractivity contribution in [2.24, 2.45) is 0 Å². The number of oxazole rings is 1. The molecule has 0 radical (unpaired) electrons. The Hall–Kier alpha value is -2.52. The van der Waals surface area contributed by atoms with E-state index in [1.165, 1.54) is 12.1 Å². The lowest BCUT2D eigenvalue weighted by Gasteiger charge is -2.15. The minimum atomic E-state index is -1.17. The van der Waals surface area contributed by atoms with Crippen LogP contribution >= 0.6 is 0 Å². The second kappa shape index (κ2) is 7.00. The first kappa shape index (κ1) is 18.3. The van der Waals surface area contributed by atoms with E-state index < -0.39 is 13.0 Å². The van der Waals surface area contributed by atoms with Crippen molar-refractivity contribution in [3.8, 4) is 11.5 Å². The maximum absolute atomic E-state index is 11.1. The monoisotopic (exact) mass is 374 g/mol. The minimum absolute atomic E-state index is 0.00851. The van der Waals surface area contributed by atoms with Crippen molar-refractivity contribution in [3.63, 3.8) is 0 Å². The van der Waals surface area contributed by atoms with Gasteiger partial charge in [0.2, 0.25) is 0 Å². The SMILES string of the molecule is Cc1ncc(-c2nn(COCC[Si](C)(C)C)c3ccc([N+](=O)[O-])cc23)o1. The summed E-state index contributed by atoms with van der Waals surface area (Å²) in [5.74, 6) is 0.994. The molecule has 0 atom stereocenters. The van der Waals surface area contributed by atoms with Crippen LogP contribution in [0.3, 0.4) is 0 Å². The molecule has 0 aliphatic rings. The Labute approximate surface area is 151 Å². The molecule has 0 bridgehead atoms. The number of non-ortho nitro benzene ring substituents is 1. The molecule has 0 amide bonds. The lowest BCUT2D eigenvalue weighted by Crippen LogP contribution is -2.22. The third kappa shape index (κ3) is 4.00. The van der Waals surface area contributed by atoms with Crippen molar-refractivity contribution < 1.29 is 14.1 Å². The van der Waals surface area contributed by atoms with Crippen LogP contribution in [-0.4, -0.2) is 34.4 Å². The Morgan fingerprint density at radius 1 is 1.35 bits per heavy atom. The molecule has 2 aromatic heterocycles. The van der Waals surface area contributed by atoms with Gasteiger partial charge >= 0.3 is 0 Å². The summed E-state index contributed by atoms with van der Waals surface area (Å²) in [5, 5.41) is 16.3. The predicted molar refractivity (Wildman–Crippen MR) is 101 cm³/mol. The van der Waals surface area contributed by atoms with Crippen LogP contribution < -0.4 is 0 Å². The Balaban J connectivity index is 1.94. The molecule has 0 spiro atoms.